The fourth-order valence-corrected chi connectivity index (χ4v) is 1.67. The van der Waals surface area contributed by atoms with Crippen molar-refractivity contribution in [2.45, 2.75) is 6.54 Å². The lowest BCUT2D eigenvalue weighted by molar-refractivity contribution is -0.385. The molecule has 8 nitrogen and oxygen atoms in total. The van der Waals surface area contributed by atoms with Gasteiger partial charge in [-0.15, -0.1) is 0 Å². The third-order valence-corrected chi connectivity index (χ3v) is 2.67. The Labute approximate surface area is 113 Å². The molecular weight excluding hydrogens is 264 g/mol. The fourth-order valence-electron chi connectivity index (χ4n) is 1.67. The van der Waals surface area contributed by atoms with E-state index in [-0.39, 0.29) is 5.56 Å². The van der Waals surface area contributed by atoms with E-state index in [0.717, 1.165) is 6.07 Å². The number of para-hydroxylation sites is 1. The Morgan fingerprint density at radius 2 is 2.30 bits per heavy atom. The summed E-state index contributed by atoms with van der Waals surface area (Å²) in [6.07, 6.45) is 4.97. The lowest BCUT2D eigenvalue weighted by atomic mass is 10.1. The van der Waals surface area contributed by atoms with Gasteiger partial charge in [0.25, 0.3) is 5.91 Å². The molecule has 2 N–H and O–H groups in total. The summed E-state index contributed by atoms with van der Waals surface area (Å²) in [5.74, 6) is -1.19. The van der Waals surface area contributed by atoms with Gasteiger partial charge >= 0.3 is 5.69 Å². The first-order chi connectivity index (χ1) is 9.59. The SMILES string of the molecule is O=C(NCCn1ccnc1)c1cccc([N+](=O)[O-])c1O. The first-order valence-corrected chi connectivity index (χ1v) is 5.80. The lowest BCUT2D eigenvalue weighted by Crippen LogP contribution is -2.27. The topological polar surface area (TPSA) is 110 Å². The van der Waals surface area contributed by atoms with E-state index in [2.05, 4.69) is 10.3 Å². The minimum Gasteiger partial charge on any atom is -0.502 e. The highest BCUT2D eigenvalue weighted by Gasteiger charge is 2.20. The summed E-state index contributed by atoms with van der Waals surface area (Å²) in [5.41, 5.74) is -0.614. The first kappa shape index (κ1) is 13.5. The van der Waals surface area contributed by atoms with E-state index in [1.54, 1.807) is 23.3 Å². The Morgan fingerprint density at radius 3 is 2.95 bits per heavy atom. The molecule has 0 aliphatic carbocycles. The highest BCUT2D eigenvalue weighted by molar-refractivity contribution is 5.98. The maximum atomic E-state index is 11.9. The summed E-state index contributed by atoms with van der Waals surface area (Å²) < 4.78 is 1.77. The maximum Gasteiger partial charge on any atom is 0.311 e. The largest absolute Gasteiger partial charge is 0.502 e. The van der Waals surface area contributed by atoms with E-state index in [9.17, 15) is 20.0 Å². The van der Waals surface area contributed by atoms with E-state index >= 15 is 0 Å². The number of amides is 1. The number of aromatic hydroxyl groups is 1. The van der Waals surface area contributed by atoms with Gasteiger partial charge in [-0.25, -0.2) is 4.98 Å². The number of carbonyl (C=O) groups is 1. The number of hydrogen-bond acceptors (Lipinski definition) is 5. The van der Waals surface area contributed by atoms with Crippen LogP contribution in [0.1, 0.15) is 10.4 Å². The molecule has 0 aliphatic rings. The average Bonchev–Trinajstić information content (AvgIpc) is 2.91. The molecule has 0 spiro atoms. The summed E-state index contributed by atoms with van der Waals surface area (Å²) in [6.45, 7) is 0.832. The van der Waals surface area contributed by atoms with Gasteiger partial charge in [0, 0.05) is 31.5 Å². The number of nitro groups is 1. The molecule has 1 amide bonds. The van der Waals surface area contributed by atoms with Crippen molar-refractivity contribution in [3.63, 3.8) is 0 Å². The number of imidazole rings is 1. The van der Waals surface area contributed by atoms with Crippen LogP contribution >= 0.6 is 0 Å². The van der Waals surface area contributed by atoms with Gasteiger partial charge in [0.2, 0.25) is 5.75 Å². The lowest BCUT2D eigenvalue weighted by Gasteiger charge is -2.07. The van der Waals surface area contributed by atoms with Crippen LogP contribution in [-0.4, -0.2) is 32.0 Å². The van der Waals surface area contributed by atoms with Crippen LogP contribution in [0, 0.1) is 10.1 Å². The number of nitrogens with zero attached hydrogens (tertiary/aromatic N) is 3. The van der Waals surface area contributed by atoms with Crippen LogP contribution in [-0.2, 0) is 6.54 Å². The van der Waals surface area contributed by atoms with Crippen LogP contribution < -0.4 is 5.32 Å². The zero-order chi connectivity index (χ0) is 14.5. The van der Waals surface area contributed by atoms with Gasteiger partial charge in [0.1, 0.15) is 0 Å². The maximum absolute atomic E-state index is 11.9. The second kappa shape index (κ2) is 5.83. The molecule has 104 valence electrons. The predicted molar refractivity (Wildman–Crippen MR) is 69.3 cm³/mol. The van der Waals surface area contributed by atoms with Gasteiger partial charge in [-0.05, 0) is 6.07 Å². The van der Waals surface area contributed by atoms with Gasteiger partial charge in [-0.3, -0.25) is 14.9 Å². The van der Waals surface area contributed by atoms with Gasteiger partial charge < -0.3 is 15.0 Å². The van der Waals surface area contributed by atoms with Crippen LogP contribution in [0.2, 0.25) is 0 Å². The summed E-state index contributed by atoms with van der Waals surface area (Å²) >= 11 is 0. The monoisotopic (exact) mass is 276 g/mol. The highest BCUT2D eigenvalue weighted by atomic mass is 16.6. The summed E-state index contributed by atoms with van der Waals surface area (Å²) in [5, 5.41) is 22.9. The molecule has 8 heteroatoms. The smallest absolute Gasteiger partial charge is 0.311 e. The van der Waals surface area contributed by atoms with E-state index in [1.807, 2.05) is 0 Å². The fraction of sp³-hybridized carbons (Fsp3) is 0.167. The summed E-state index contributed by atoms with van der Waals surface area (Å²) in [4.78, 5) is 25.6. The number of nitro benzene ring substituents is 1. The number of phenolic OH excluding ortho intramolecular Hbond substituents is 1. The number of hydrogen-bond donors (Lipinski definition) is 2. The van der Waals surface area contributed by atoms with Crippen LogP contribution in [0.4, 0.5) is 5.69 Å². The quantitative estimate of drug-likeness (QED) is 0.623. The van der Waals surface area contributed by atoms with Gasteiger partial charge in [-0.2, -0.15) is 0 Å². The van der Waals surface area contributed by atoms with E-state index in [4.69, 9.17) is 0 Å². The molecule has 0 fully saturated rings. The second-order valence-electron chi connectivity index (χ2n) is 3.99. The third-order valence-electron chi connectivity index (χ3n) is 2.67. The molecule has 1 aromatic heterocycles. The highest BCUT2D eigenvalue weighted by Crippen LogP contribution is 2.28. The number of aromatic nitrogens is 2. The molecule has 0 saturated heterocycles. The second-order valence-corrected chi connectivity index (χ2v) is 3.99. The van der Waals surface area contributed by atoms with E-state index in [1.165, 1.54) is 12.1 Å². The van der Waals surface area contributed by atoms with Gasteiger partial charge in [-0.1, -0.05) is 6.07 Å². The van der Waals surface area contributed by atoms with Gasteiger partial charge in [0.15, 0.2) is 0 Å². The molecule has 0 bridgehead atoms. The van der Waals surface area contributed by atoms with Crippen LogP contribution in [0.25, 0.3) is 0 Å². The normalized spacial score (nSPS) is 10.2. The van der Waals surface area contributed by atoms with Crippen LogP contribution in [0.5, 0.6) is 5.75 Å². The Bertz CT molecular complexity index is 624. The molecule has 2 aromatic rings. The van der Waals surface area contributed by atoms with Gasteiger partial charge in [0.05, 0.1) is 16.8 Å². The molecule has 0 unspecified atom stereocenters. The van der Waals surface area contributed by atoms with Crippen molar-refractivity contribution in [1.29, 1.82) is 0 Å². The molecule has 0 aliphatic heterocycles. The Hall–Kier alpha value is -2.90. The molecular formula is C12H12N4O4. The van der Waals surface area contributed by atoms with Crippen molar-refractivity contribution in [2.75, 3.05) is 6.54 Å². The Balaban J connectivity index is 2.02. The zero-order valence-electron chi connectivity index (χ0n) is 10.4. The number of nitrogens with one attached hydrogen (secondary N) is 1. The van der Waals surface area contributed by atoms with Crippen molar-refractivity contribution in [3.05, 3.63) is 52.6 Å². The standard InChI is InChI=1S/C12H12N4O4/c17-11-9(2-1-3-10(11)16(19)20)12(18)14-5-7-15-6-4-13-8-15/h1-4,6,8,17H,5,7H2,(H,14,18). The molecule has 0 atom stereocenters. The summed E-state index contributed by atoms with van der Waals surface area (Å²) in [6, 6.07) is 3.81. The molecule has 0 radical (unpaired) electrons. The van der Waals surface area contributed by atoms with Crippen LogP contribution in [0.15, 0.2) is 36.9 Å². The predicted octanol–water partition coefficient (Wildman–Crippen LogP) is 0.927. The Morgan fingerprint density at radius 1 is 1.50 bits per heavy atom. The average molecular weight is 276 g/mol. The molecule has 2 rings (SSSR count). The van der Waals surface area contributed by atoms with Crippen LogP contribution in [0.3, 0.4) is 0 Å². The van der Waals surface area contributed by atoms with Crippen molar-refractivity contribution < 1.29 is 14.8 Å². The minimum atomic E-state index is -0.738. The van der Waals surface area contributed by atoms with Crippen molar-refractivity contribution in [1.82, 2.24) is 14.9 Å². The Kier molecular flexibility index (Phi) is 3.94. The molecule has 0 saturated carbocycles. The summed E-state index contributed by atoms with van der Waals surface area (Å²) in [7, 11) is 0. The van der Waals surface area contributed by atoms with Crippen molar-refractivity contribution in [3.8, 4) is 5.75 Å². The van der Waals surface area contributed by atoms with Crippen molar-refractivity contribution >= 4 is 11.6 Å². The van der Waals surface area contributed by atoms with Crippen molar-refractivity contribution in [2.24, 2.45) is 0 Å². The number of rotatable bonds is 5. The van der Waals surface area contributed by atoms with E-state index < -0.39 is 22.3 Å². The number of carbonyl (C=O) groups excluding carboxylic acids is 1. The molecule has 1 heterocycles. The first-order valence-electron chi connectivity index (χ1n) is 5.80. The zero-order valence-corrected chi connectivity index (χ0v) is 10.4. The number of phenols is 1. The molecule has 1 aromatic carbocycles. The molecule has 20 heavy (non-hydrogen) atoms. The minimum absolute atomic E-state index is 0.121. The van der Waals surface area contributed by atoms with E-state index in [0.29, 0.717) is 13.1 Å². The number of benzene rings is 1. The third kappa shape index (κ3) is 2.91.